The molecule has 1 amide bonds. The summed E-state index contributed by atoms with van der Waals surface area (Å²) in [6.07, 6.45) is 1.61. The van der Waals surface area contributed by atoms with E-state index in [1.165, 1.54) is 4.31 Å². The summed E-state index contributed by atoms with van der Waals surface area (Å²) in [6.45, 7) is 10.1. The molecule has 0 aliphatic carbocycles. The summed E-state index contributed by atoms with van der Waals surface area (Å²) >= 11 is 6.09. The molecule has 0 radical (unpaired) electrons. The molecular formula is C36H35ClN4O3S. The molecule has 0 aliphatic rings. The number of aromatic nitrogens is 1. The molecule has 230 valence electrons. The van der Waals surface area contributed by atoms with Crippen LogP contribution in [0.15, 0.2) is 107 Å². The Balaban J connectivity index is 1.47. The van der Waals surface area contributed by atoms with Gasteiger partial charge in [-0.25, -0.2) is 13.8 Å². The van der Waals surface area contributed by atoms with Crippen molar-refractivity contribution in [1.82, 2.24) is 9.99 Å². The number of hydrogen-bond donors (Lipinski definition) is 1. The van der Waals surface area contributed by atoms with Crippen LogP contribution in [0.25, 0.3) is 5.69 Å². The molecule has 5 aromatic rings. The molecule has 4 aromatic carbocycles. The second kappa shape index (κ2) is 13.1. The van der Waals surface area contributed by atoms with Crippen molar-refractivity contribution in [1.29, 1.82) is 0 Å². The van der Waals surface area contributed by atoms with Crippen molar-refractivity contribution in [3.05, 3.63) is 147 Å². The zero-order valence-corrected chi connectivity index (χ0v) is 27.4. The van der Waals surface area contributed by atoms with Gasteiger partial charge in [0.15, 0.2) is 0 Å². The highest BCUT2D eigenvalue weighted by atomic mass is 35.5. The third-order valence-electron chi connectivity index (χ3n) is 7.77. The molecule has 0 fully saturated rings. The van der Waals surface area contributed by atoms with Gasteiger partial charge in [0.2, 0.25) is 0 Å². The van der Waals surface area contributed by atoms with E-state index in [4.69, 9.17) is 11.6 Å². The Bertz CT molecular complexity index is 1980. The van der Waals surface area contributed by atoms with Gasteiger partial charge < -0.3 is 4.57 Å². The van der Waals surface area contributed by atoms with E-state index in [1.54, 1.807) is 79.0 Å². The minimum absolute atomic E-state index is 0.00868. The maximum atomic E-state index is 14.1. The molecule has 0 bridgehead atoms. The van der Waals surface area contributed by atoms with Crippen LogP contribution in [0.3, 0.4) is 0 Å². The van der Waals surface area contributed by atoms with Crippen molar-refractivity contribution in [3.63, 3.8) is 0 Å². The van der Waals surface area contributed by atoms with Gasteiger partial charge >= 0.3 is 0 Å². The largest absolute Gasteiger partial charge is 0.317 e. The molecule has 0 aliphatic heterocycles. The summed E-state index contributed by atoms with van der Waals surface area (Å²) in [5, 5.41) is 4.82. The maximum absolute atomic E-state index is 14.1. The second-order valence-corrected chi connectivity index (χ2v) is 13.4. The van der Waals surface area contributed by atoms with Gasteiger partial charge in [0.25, 0.3) is 15.9 Å². The number of sulfonamides is 1. The topological polar surface area (TPSA) is 83.8 Å². The van der Waals surface area contributed by atoms with Crippen LogP contribution in [0, 0.1) is 34.6 Å². The summed E-state index contributed by atoms with van der Waals surface area (Å²) in [4.78, 5) is 13.7. The number of rotatable bonds is 9. The third kappa shape index (κ3) is 6.72. The molecule has 45 heavy (non-hydrogen) atoms. The number of halogens is 1. The van der Waals surface area contributed by atoms with Gasteiger partial charge in [0.1, 0.15) is 0 Å². The van der Waals surface area contributed by atoms with Crippen LogP contribution in [0.1, 0.15) is 49.6 Å². The van der Waals surface area contributed by atoms with E-state index in [-0.39, 0.29) is 22.7 Å². The van der Waals surface area contributed by atoms with Crippen LogP contribution in [-0.4, -0.2) is 25.1 Å². The number of nitrogens with one attached hydrogen (secondary N) is 1. The van der Waals surface area contributed by atoms with Gasteiger partial charge in [-0.3, -0.25) is 9.10 Å². The first-order valence-corrected chi connectivity index (χ1v) is 16.3. The van der Waals surface area contributed by atoms with Crippen LogP contribution in [0.5, 0.6) is 0 Å². The molecule has 0 spiro atoms. The summed E-state index contributed by atoms with van der Waals surface area (Å²) in [6, 6.07) is 28.4. The molecule has 0 unspecified atom stereocenters. The predicted octanol–water partition coefficient (Wildman–Crippen LogP) is 7.83. The third-order valence-corrected chi connectivity index (χ3v) is 9.79. The van der Waals surface area contributed by atoms with E-state index in [2.05, 4.69) is 41.1 Å². The van der Waals surface area contributed by atoms with E-state index < -0.39 is 15.9 Å². The first kappa shape index (κ1) is 31.8. The van der Waals surface area contributed by atoms with Crippen LogP contribution in [0.2, 0.25) is 5.02 Å². The Morgan fingerprint density at radius 1 is 0.867 bits per heavy atom. The molecule has 5 rings (SSSR count). The smallest absolute Gasteiger partial charge is 0.273 e. The Morgan fingerprint density at radius 2 is 1.51 bits per heavy atom. The lowest BCUT2D eigenvalue weighted by Crippen LogP contribution is -2.33. The number of aryl methyl sites for hydroxylation is 4. The SMILES string of the molecule is Cc1ccc(S(=O)(=O)N(Cc2ccc(Cl)cc2)c2ccccc2C(=O)N/N=C\c2cc(C)n(-c3c(C)cccc3C)c2C)cc1. The number of nitrogens with zero attached hydrogens (tertiary/aromatic N) is 3. The number of hydrazone groups is 1. The minimum Gasteiger partial charge on any atom is -0.317 e. The Labute approximate surface area is 269 Å². The summed E-state index contributed by atoms with van der Waals surface area (Å²) < 4.78 is 31.6. The van der Waals surface area contributed by atoms with Gasteiger partial charge in [-0.1, -0.05) is 71.8 Å². The zero-order valence-electron chi connectivity index (χ0n) is 25.9. The zero-order chi connectivity index (χ0) is 32.3. The summed E-state index contributed by atoms with van der Waals surface area (Å²) in [5.41, 5.74) is 11.0. The Hall–Kier alpha value is -4.66. The average Bonchev–Trinajstić information content (AvgIpc) is 3.29. The number of anilines is 1. The van der Waals surface area contributed by atoms with Crippen LogP contribution >= 0.6 is 11.6 Å². The Kier molecular flexibility index (Phi) is 9.27. The lowest BCUT2D eigenvalue weighted by atomic mass is 10.1. The number of hydrogen-bond acceptors (Lipinski definition) is 4. The van der Waals surface area contributed by atoms with E-state index in [1.807, 2.05) is 32.9 Å². The lowest BCUT2D eigenvalue weighted by molar-refractivity contribution is 0.0955. The van der Waals surface area contributed by atoms with Crippen LogP contribution in [-0.2, 0) is 16.6 Å². The van der Waals surface area contributed by atoms with Gasteiger partial charge in [-0.15, -0.1) is 0 Å². The standard InChI is InChI=1S/C36H35ClN4O3S/c1-24-13-19-32(20-14-24)45(43,44)40(23-29-15-17-31(37)18-16-29)34-12-7-6-11-33(34)36(42)39-38-22-30-21-27(4)41(28(30)5)35-25(2)9-8-10-26(35)3/h6-22H,23H2,1-5H3,(H,39,42)/b38-22-. The van der Waals surface area contributed by atoms with E-state index in [0.717, 1.165) is 39.3 Å². The van der Waals surface area contributed by atoms with Gasteiger partial charge in [0.05, 0.1) is 34.6 Å². The number of carbonyl (C=O) groups is 1. The molecule has 1 heterocycles. The molecule has 0 saturated heterocycles. The molecule has 0 atom stereocenters. The predicted molar refractivity (Wildman–Crippen MR) is 182 cm³/mol. The van der Waals surface area contributed by atoms with Crippen molar-refractivity contribution >= 4 is 39.4 Å². The number of amides is 1. The molecule has 1 aromatic heterocycles. The number of benzene rings is 4. The number of para-hydroxylation sites is 2. The minimum atomic E-state index is -4.06. The molecular weight excluding hydrogens is 604 g/mol. The molecule has 0 saturated carbocycles. The first-order chi connectivity index (χ1) is 21.5. The van der Waals surface area contributed by atoms with Crippen molar-refractivity contribution in [3.8, 4) is 5.69 Å². The molecule has 9 heteroatoms. The highest BCUT2D eigenvalue weighted by Crippen LogP contribution is 2.30. The van der Waals surface area contributed by atoms with E-state index in [0.29, 0.717) is 10.6 Å². The van der Waals surface area contributed by atoms with Crippen LogP contribution in [0.4, 0.5) is 5.69 Å². The van der Waals surface area contributed by atoms with Gasteiger partial charge in [0, 0.05) is 22.0 Å². The fraction of sp³-hybridized carbons (Fsp3) is 0.167. The quantitative estimate of drug-likeness (QED) is 0.132. The molecule has 1 N–H and O–H groups in total. The van der Waals surface area contributed by atoms with Crippen molar-refractivity contribution in [2.45, 2.75) is 46.1 Å². The average molecular weight is 639 g/mol. The second-order valence-electron chi connectivity index (χ2n) is 11.1. The normalized spacial score (nSPS) is 11.6. The summed E-state index contributed by atoms with van der Waals surface area (Å²) in [7, 11) is -4.06. The van der Waals surface area contributed by atoms with Gasteiger partial charge in [-0.05, 0) is 93.8 Å². The Morgan fingerprint density at radius 3 is 2.18 bits per heavy atom. The summed E-state index contributed by atoms with van der Waals surface area (Å²) in [5.74, 6) is -0.536. The van der Waals surface area contributed by atoms with Crippen molar-refractivity contribution < 1.29 is 13.2 Å². The fourth-order valence-electron chi connectivity index (χ4n) is 5.42. The van der Waals surface area contributed by atoms with E-state index >= 15 is 0 Å². The number of carbonyl (C=O) groups excluding carboxylic acids is 1. The maximum Gasteiger partial charge on any atom is 0.273 e. The van der Waals surface area contributed by atoms with Crippen molar-refractivity contribution in [2.75, 3.05) is 4.31 Å². The van der Waals surface area contributed by atoms with Crippen molar-refractivity contribution in [2.24, 2.45) is 5.10 Å². The van der Waals surface area contributed by atoms with Crippen LogP contribution < -0.4 is 9.73 Å². The molecule has 7 nitrogen and oxygen atoms in total. The van der Waals surface area contributed by atoms with E-state index in [9.17, 15) is 13.2 Å². The van der Waals surface area contributed by atoms with Gasteiger partial charge in [-0.2, -0.15) is 5.10 Å². The fourth-order valence-corrected chi connectivity index (χ4v) is 7.01. The highest BCUT2D eigenvalue weighted by Gasteiger charge is 2.28. The lowest BCUT2D eigenvalue weighted by Gasteiger charge is -2.26. The monoisotopic (exact) mass is 638 g/mol. The first-order valence-electron chi connectivity index (χ1n) is 14.5. The highest BCUT2D eigenvalue weighted by molar-refractivity contribution is 7.92.